The molecule has 0 saturated heterocycles. The lowest BCUT2D eigenvalue weighted by atomic mass is 9.89. The lowest BCUT2D eigenvalue weighted by molar-refractivity contribution is -0.154. The van der Waals surface area contributed by atoms with Crippen molar-refractivity contribution >= 4 is 132 Å². The van der Waals surface area contributed by atoms with E-state index >= 15 is 0 Å². The van der Waals surface area contributed by atoms with Crippen molar-refractivity contribution in [3.05, 3.63) is 284 Å². The maximum absolute atomic E-state index is 14.0. The average molecular weight is 1820 g/mol. The standard InChI is InChI=1S/3C7HF5O2.3C7H12O2.3C7H6O2.3C5H4O3.4Al/c3*8-2-1(7(13)14)3(9)5(11)6(12)4(2)10;6*8-7(9)6-4-2-1-3-5-6;3*6-5(7)4-2-1-3-8-4;;;;/h3*(H,13,14);3*6H,1-5H2,(H,8,9);3*1-5H,(H,8,9);3*1-3H,(H,6,7);;;;/q;;;;;;;;;;;;4*+3/p-12. The van der Waals surface area contributed by atoms with Crippen LogP contribution < -0.4 is 0 Å². The highest BCUT2D eigenvalue weighted by Crippen LogP contribution is 2.33. The summed E-state index contributed by atoms with van der Waals surface area (Å²) in [7, 11) is 0. The highest BCUT2D eigenvalue weighted by atomic mass is 27.3. The molecule has 648 valence electrons. The molecule has 6 aromatic carbocycles. The van der Waals surface area contributed by atoms with Crippen molar-refractivity contribution in [1.82, 2.24) is 0 Å². The van der Waals surface area contributed by atoms with Gasteiger partial charge in [0, 0.05) is 0 Å². The van der Waals surface area contributed by atoms with E-state index in [4.69, 9.17) is 47.3 Å². The summed E-state index contributed by atoms with van der Waals surface area (Å²) in [5, 5.41) is 0. The molecule has 3 saturated carbocycles. The monoisotopic (exact) mass is 1820 g/mol. The highest BCUT2D eigenvalue weighted by Gasteiger charge is 2.56. The van der Waals surface area contributed by atoms with Crippen LogP contribution in [0, 0.1) is 105 Å². The molecule has 46 heteroatoms. The molecule has 3 fully saturated rings. The Bertz CT molecular complexity index is 4720. The zero-order valence-corrected chi connectivity index (χ0v) is 67.8. The zero-order chi connectivity index (χ0) is 90.0. The van der Waals surface area contributed by atoms with Crippen LogP contribution in [0.1, 0.15) is 190 Å². The summed E-state index contributed by atoms with van der Waals surface area (Å²) in [6.45, 7) is 0. The summed E-state index contributed by atoms with van der Waals surface area (Å²) in [6.07, 6.45) is 18.0. The largest absolute Gasteiger partial charge is 1.20 e. The van der Waals surface area contributed by atoms with Crippen LogP contribution in [0.5, 0.6) is 0 Å². The molecule has 0 bridgehead atoms. The lowest BCUT2D eigenvalue weighted by Gasteiger charge is -2.25. The summed E-state index contributed by atoms with van der Waals surface area (Å²) in [5.74, 6) is -58.9. The van der Waals surface area contributed by atoms with E-state index in [0.29, 0.717) is 0 Å². The number of benzene rings is 6. The smallest absolute Gasteiger partial charge is 0.551 e. The van der Waals surface area contributed by atoms with Crippen LogP contribution in [0.15, 0.2) is 159 Å². The minimum Gasteiger partial charge on any atom is -0.551 e. The van der Waals surface area contributed by atoms with E-state index in [-0.39, 0.29) is 69.6 Å². The highest BCUT2D eigenvalue weighted by molar-refractivity contribution is 6.47. The van der Waals surface area contributed by atoms with Gasteiger partial charge in [-0.2, -0.15) is 0 Å². The molecule has 0 unspecified atom stereocenters. The predicted octanol–water partition coefficient (Wildman–Crippen LogP) is 15.8. The van der Waals surface area contributed by atoms with Crippen molar-refractivity contribution < 1.29 is 182 Å². The minimum absolute atomic E-state index is 0.138. The van der Waals surface area contributed by atoms with Gasteiger partial charge in [0.1, 0.15) is 16.7 Å². The Morgan fingerprint density at radius 2 is 0.403 bits per heavy atom. The summed E-state index contributed by atoms with van der Waals surface area (Å²) in [5.41, 5.74) is -6.92. The molecule has 3 aliphatic rings. The van der Waals surface area contributed by atoms with Crippen LogP contribution >= 0.6 is 0 Å². The Balaban J connectivity index is 0.000000192. The van der Waals surface area contributed by atoms with Gasteiger partial charge in [-0.05, 0) is 111 Å². The Morgan fingerprint density at radius 3 is 0.605 bits per heavy atom. The van der Waals surface area contributed by atoms with Crippen LogP contribution in [0.3, 0.4) is 0 Å². The number of carbonyl (C=O) groups is 12. The number of rotatable bonds is 24. The van der Waals surface area contributed by atoms with Crippen molar-refractivity contribution in [2.45, 2.75) is 96.3 Å². The van der Waals surface area contributed by atoms with Gasteiger partial charge in [0.05, 0.1) is 53.2 Å². The van der Waals surface area contributed by atoms with Crippen molar-refractivity contribution in [3.8, 4) is 0 Å². The topological polar surface area (TPSA) is 355 Å². The first kappa shape index (κ1) is 95.7. The maximum atomic E-state index is 14.0. The van der Waals surface area contributed by atoms with Gasteiger partial charge in [-0.25, -0.2) is 109 Å². The molecule has 3 heterocycles. The van der Waals surface area contributed by atoms with Crippen molar-refractivity contribution in [2.24, 2.45) is 17.8 Å². The molecule has 0 N–H and O–H groups in total. The van der Waals surface area contributed by atoms with Crippen molar-refractivity contribution in [1.29, 1.82) is 0 Å². The van der Waals surface area contributed by atoms with Crippen LogP contribution in [0.4, 0.5) is 65.9 Å². The molecule has 27 nitrogen and oxygen atoms in total. The normalized spacial score (nSPS) is 13.1. The summed E-state index contributed by atoms with van der Waals surface area (Å²) >= 11 is -15.9. The Hall–Kier alpha value is -12.1. The number of furan rings is 3. The molecule has 124 heavy (non-hydrogen) atoms. The quantitative estimate of drug-likeness (QED) is 0.0235. The predicted molar refractivity (Wildman–Crippen MR) is 384 cm³/mol. The van der Waals surface area contributed by atoms with E-state index in [1.165, 1.54) is 55.2 Å². The fourth-order valence-corrected chi connectivity index (χ4v) is 15.9. The number of carbonyl (C=O) groups excluding carboxylic acids is 12. The van der Waals surface area contributed by atoms with Crippen LogP contribution in [0.2, 0.25) is 0 Å². The van der Waals surface area contributed by atoms with Crippen LogP contribution in [-0.2, 0) is 59.8 Å². The molecular formula is C78H57Al4F15O27. The Morgan fingerprint density at radius 1 is 0.218 bits per heavy atom. The van der Waals surface area contributed by atoms with E-state index in [1.54, 1.807) is 91.0 Å². The molecule has 3 aromatic heterocycles. The van der Waals surface area contributed by atoms with Gasteiger partial charge < -0.3 is 58.7 Å². The van der Waals surface area contributed by atoms with E-state index in [0.717, 1.165) is 96.3 Å². The first-order chi connectivity index (χ1) is 59.2. The van der Waals surface area contributed by atoms with Crippen LogP contribution in [-0.4, -0.2) is 132 Å². The van der Waals surface area contributed by atoms with E-state index in [1.807, 2.05) is 0 Å². The van der Waals surface area contributed by atoms with Gasteiger partial charge >= 0.3 is 114 Å². The fourth-order valence-electron chi connectivity index (χ4n) is 11.5. The van der Waals surface area contributed by atoms with Gasteiger partial charge in [-0.15, -0.1) is 0 Å². The van der Waals surface area contributed by atoms with Crippen molar-refractivity contribution in [2.75, 3.05) is 0 Å². The molecule has 9 aromatic rings. The second-order valence-corrected chi connectivity index (χ2v) is 31.1. The van der Waals surface area contributed by atoms with Gasteiger partial charge in [-0.1, -0.05) is 112 Å². The van der Waals surface area contributed by atoms with Gasteiger partial charge in [0.2, 0.25) is 34.7 Å². The molecular weight excluding hydrogens is 1760 g/mol. The third-order valence-corrected chi connectivity index (χ3v) is 22.7. The van der Waals surface area contributed by atoms with E-state index in [9.17, 15) is 123 Å². The second-order valence-electron chi connectivity index (χ2n) is 26.0. The molecule has 12 rings (SSSR count). The Kier molecular flexibility index (Phi) is 35.4. The van der Waals surface area contributed by atoms with E-state index in [2.05, 4.69) is 11.4 Å². The number of hydrogen-bond acceptors (Lipinski definition) is 27. The molecule has 0 atom stereocenters. The summed E-state index contributed by atoms with van der Waals surface area (Å²) in [6, 6.07) is 33.0. The third-order valence-electron chi connectivity index (χ3n) is 17.7. The first-order valence-corrected chi connectivity index (χ1v) is 42.2. The fraction of sp³-hybridized carbons (Fsp3) is 0.231. The molecule has 0 spiro atoms. The first-order valence-electron chi connectivity index (χ1n) is 36.5. The molecule has 0 radical (unpaired) electrons. The SMILES string of the molecule is O=C([O][Al]([O]C(=O)C1CCCCC1)[O]C(=O)C1CCCCC1)C1CCCCC1.O=C([O][Al]([O]C(=O)c1c(F)c(F)c(F)c(F)c1F)[O]C(=O)c1c(F)c(F)c(F)c(F)c1F)c1c(F)c(F)c(F)c(F)c1F.O=C([O][Al]([O]C(=O)c1ccccc1)[O]C(=O)c1ccccc1)c1ccccc1.O=C([O][Al]([O]C(=O)c1ccco1)[O]C(=O)c1ccco1)c1ccco1. The van der Waals surface area contributed by atoms with Crippen molar-refractivity contribution in [3.63, 3.8) is 0 Å². The van der Waals surface area contributed by atoms with E-state index < -0.39 is 218 Å². The van der Waals surface area contributed by atoms with Gasteiger partial charge in [-0.3, -0.25) is 14.4 Å². The molecule has 3 aliphatic carbocycles. The number of halogens is 15. The zero-order valence-electron chi connectivity index (χ0n) is 63.2. The average Bonchev–Trinajstić information content (AvgIpc) is 1.28. The lowest BCUT2D eigenvalue weighted by Crippen LogP contribution is -2.40. The Labute approximate surface area is 708 Å². The van der Waals surface area contributed by atoms with Gasteiger partial charge in [0.25, 0.3) is 17.9 Å². The van der Waals surface area contributed by atoms with Crippen LogP contribution in [0.25, 0.3) is 0 Å². The molecule has 0 aliphatic heterocycles. The number of hydrogen-bond donors (Lipinski definition) is 0. The summed E-state index contributed by atoms with van der Waals surface area (Å²) < 4.78 is 278. The maximum Gasteiger partial charge on any atom is 1.20 e. The second kappa shape index (κ2) is 45.8. The van der Waals surface area contributed by atoms with Gasteiger partial charge in [0.15, 0.2) is 69.8 Å². The minimum atomic E-state index is -5.74. The molecule has 0 amide bonds. The summed E-state index contributed by atoms with van der Waals surface area (Å²) in [4.78, 5) is 147. The third kappa shape index (κ3) is 25.8.